The van der Waals surface area contributed by atoms with E-state index in [0.717, 1.165) is 31.2 Å². The molecule has 0 atom stereocenters. The number of aryl methyl sites for hydroxylation is 4. The Kier molecular flexibility index (Phi) is 5.90. The maximum atomic E-state index is 10.7. The summed E-state index contributed by atoms with van der Waals surface area (Å²) in [4.78, 5) is 5.22. The van der Waals surface area contributed by atoms with Crippen LogP contribution >= 0.6 is 0 Å². The van der Waals surface area contributed by atoms with E-state index in [4.69, 9.17) is 9.47 Å². The number of phenolic OH excluding ortho intramolecular Hbond substituents is 1. The molecule has 5 nitrogen and oxygen atoms in total. The van der Waals surface area contributed by atoms with Crippen LogP contribution < -0.4 is 19.3 Å². The Hall–Kier alpha value is -3.34. The molecule has 0 unspecified atom stereocenters. The summed E-state index contributed by atoms with van der Waals surface area (Å²) in [6.45, 7) is 4.72. The summed E-state index contributed by atoms with van der Waals surface area (Å²) < 4.78 is 11.2. The van der Waals surface area contributed by atoms with Crippen molar-refractivity contribution in [2.45, 2.75) is 57.3 Å². The molecule has 198 valence electrons. The summed E-state index contributed by atoms with van der Waals surface area (Å²) in [5.41, 5.74) is 12.8. The number of hydrogen-bond acceptors (Lipinski definition) is 5. The van der Waals surface area contributed by atoms with Gasteiger partial charge in [-0.05, 0) is 102 Å². The highest BCUT2D eigenvalue weighted by Gasteiger charge is 2.30. The van der Waals surface area contributed by atoms with Crippen molar-refractivity contribution >= 4 is 11.4 Å². The minimum atomic E-state index is 0.0381. The molecule has 38 heavy (non-hydrogen) atoms. The average molecular weight is 511 g/mol. The third kappa shape index (κ3) is 3.81. The van der Waals surface area contributed by atoms with Gasteiger partial charge >= 0.3 is 0 Å². The van der Waals surface area contributed by atoms with Crippen LogP contribution in [0.3, 0.4) is 0 Å². The van der Waals surface area contributed by atoms with Crippen LogP contribution in [0.25, 0.3) is 0 Å². The van der Waals surface area contributed by atoms with Gasteiger partial charge in [0.15, 0.2) is 11.5 Å². The fraction of sp³-hybridized carbons (Fsp3) is 0.455. The Bertz CT molecular complexity index is 1230. The molecule has 0 aliphatic carbocycles. The molecule has 3 aromatic carbocycles. The molecule has 3 aromatic rings. The fourth-order valence-corrected chi connectivity index (χ4v) is 7.65. The second-order valence-corrected chi connectivity index (χ2v) is 11.5. The average Bonchev–Trinajstić information content (AvgIpc) is 2.94. The largest absolute Gasteiger partial charge is 0.502 e. The number of phenols is 1. The highest BCUT2D eigenvalue weighted by Crippen LogP contribution is 2.47. The Balaban J connectivity index is 1.45. The highest BCUT2D eigenvalue weighted by molar-refractivity contribution is 5.68. The number of benzene rings is 3. The van der Waals surface area contributed by atoms with Crippen LogP contribution in [0.5, 0.6) is 17.2 Å². The number of methoxy groups -OCH3 is 2. The lowest BCUT2D eigenvalue weighted by Gasteiger charge is -2.39. The lowest BCUT2D eigenvalue weighted by Crippen LogP contribution is -2.35. The predicted molar refractivity (Wildman–Crippen MR) is 153 cm³/mol. The summed E-state index contributed by atoms with van der Waals surface area (Å²) in [7, 11) is 3.23. The molecule has 4 heterocycles. The van der Waals surface area contributed by atoms with E-state index < -0.39 is 0 Å². The molecule has 0 aromatic heterocycles. The topological polar surface area (TPSA) is 45.2 Å². The molecule has 0 fully saturated rings. The first-order chi connectivity index (χ1) is 18.6. The first-order valence-electron chi connectivity index (χ1n) is 14.4. The molecule has 0 saturated heterocycles. The monoisotopic (exact) mass is 510 g/mol. The van der Waals surface area contributed by atoms with E-state index in [1.165, 1.54) is 96.6 Å². The minimum Gasteiger partial charge on any atom is -0.502 e. The van der Waals surface area contributed by atoms with Gasteiger partial charge in [-0.1, -0.05) is 24.3 Å². The molecule has 0 amide bonds. The maximum Gasteiger partial charge on any atom is 0.200 e. The van der Waals surface area contributed by atoms with Crippen LogP contribution in [0.4, 0.5) is 11.4 Å². The molecule has 4 aliphatic heterocycles. The second-order valence-electron chi connectivity index (χ2n) is 11.5. The number of hydrogen-bond donors (Lipinski definition) is 1. The van der Waals surface area contributed by atoms with Gasteiger partial charge in [-0.2, -0.15) is 0 Å². The number of ether oxygens (including phenoxy) is 2. The van der Waals surface area contributed by atoms with E-state index in [1.54, 1.807) is 14.2 Å². The van der Waals surface area contributed by atoms with Gasteiger partial charge in [0.2, 0.25) is 5.75 Å². The maximum absolute atomic E-state index is 10.7. The number of anilines is 2. The van der Waals surface area contributed by atoms with Gasteiger partial charge in [0.1, 0.15) is 0 Å². The van der Waals surface area contributed by atoms with Crippen LogP contribution in [0, 0.1) is 0 Å². The van der Waals surface area contributed by atoms with Crippen LogP contribution in [0.2, 0.25) is 0 Å². The molecule has 7 rings (SSSR count). The van der Waals surface area contributed by atoms with Crippen molar-refractivity contribution in [2.75, 3.05) is 50.2 Å². The van der Waals surface area contributed by atoms with Gasteiger partial charge in [0, 0.05) is 43.5 Å². The summed E-state index contributed by atoms with van der Waals surface area (Å²) in [6, 6.07) is 13.9. The van der Waals surface area contributed by atoms with Crippen molar-refractivity contribution < 1.29 is 14.6 Å². The number of aromatic hydroxyl groups is 1. The lowest BCUT2D eigenvalue weighted by atomic mass is 9.78. The van der Waals surface area contributed by atoms with E-state index >= 15 is 0 Å². The summed E-state index contributed by atoms with van der Waals surface area (Å²) in [5, 5.41) is 10.7. The Morgan fingerprint density at radius 2 is 0.921 bits per heavy atom. The van der Waals surface area contributed by atoms with E-state index in [-0.39, 0.29) is 11.7 Å². The predicted octanol–water partition coefficient (Wildman–Crippen LogP) is 5.99. The third-order valence-corrected chi connectivity index (χ3v) is 9.21. The highest BCUT2D eigenvalue weighted by atomic mass is 16.5. The Morgan fingerprint density at radius 1 is 0.579 bits per heavy atom. The van der Waals surface area contributed by atoms with E-state index in [2.05, 4.69) is 34.1 Å². The molecule has 0 bridgehead atoms. The van der Waals surface area contributed by atoms with Crippen LogP contribution in [0.1, 0.15) is 70.5 Å². The summed E-state index contributed by atoms with van der Waals surface area (Å²) >= 11 is 0. The normalized spacial score (nSPS) is 17.8. The Morgan fingerprint density at radius 3 is 1.26 bits per heavy atom. The Labute approximate surface area is 226 Å². The van der Waals surface area contributed by atoms with Gasteiger partial charge in [-0.25, -0.2) is 0 Å². The van der Waals surface area contributed by atoms with Crippen LogP contribution in [-0.2, 0) is 25.7 Å². The summed E-state index contributed by atoms with van der Waals surface area (Å²) in [5.74, 6) is 1.02. The van der Waals surface area contributed by atoms with Crippen molar-refractivity contribution in [3.8, 4) is 17.2 Å². The van der Waals surface area contributed by atoms with Crippen molar-refractivity contribution in [1.29, 1.82) is 0 Å². The van der Waals surface area contributed by atoms with E-state index in [9.17, 15) is 5.11 Å². The molecule has 1 N–H and O–H groups in total. The van der Waals surface area contributed by atoms with Gasteiger partial charge in [0.25, 0.3) is 0 Å². The quantitative estimate of drug-likeness (QED) is 0.428. The van der Waals surface area contributed by atoms with Crippen LogP contribution in [0.15, 0.2) is 36.4 Å². The smallest absolute Gasteiger partial charge is 0.200 e. The zero-order valence-corrected chi connectivity index (χ0v) is 22.7. The van der Waals surface area contributed by atoms with Crippen molar-refractivity contribution in [3.05, 3.63) is 75.3 Å². The first kappa shape index (κ1) is 23.8. The summed E-state index contributed by atoms with van der Waals surface area (Å²) in [6.07, 6.45) is 9.47. The number of rotatable bonds is 5. The fourth-order valence-electron chi connectivity index (χ4n) is 7.65. The van der Waals surface area contributed by atoms with Crippen molar-refractivity contribution in [1.82, 2.24) is 0 Å². The minimum absolute atomic E-state index is 0.0381. The zero-order chi connectivity index (χ0) is 25.8. The van der Waals surface area contributed by atoms with E-state index in [1.807, 2.05) is 12.1 Å². The first-order valence-corrected chi connectivity index (χ1v) is 14.4. The van der Waals surface area contributed by atoms with Gasteiger partial charge < -0.3 is 24.4 Å². The zero-order valence-electron chi connectivity index (χ0n) is 22.7. The van der Waals surface area contributed by atoms with Gasteiger partial charge in [-0.15, -0.1) is 0 Å². The lowest BCUT2D eigenvalue weighted by molar-refractivity contribution is 0.339. The van der Waals surface area contributed by atoms with Crippen molar-refractivity contribution in [3.63, 3.8) is 0 Å². The van der Waals surface area contributed by atoms with Gasteiger partial charge in [0.05, 0.1) is 14.2 Å². The molecule has 0 saturated carbocycles. The molecule has 4 aliphatic rings. The molecular formula is C33H38N2O3. The van der Waals surface area contributed by atoms with E-state index in [0.29, 0.717) is 11.5 Å². The van der Waals surface area contributed by atoms with Crippen LogP contribution in [-0.4, -0.2) is 45.5 Å². The SMILES string of the molecule is COc1cc(C(c2cc3c4c(c2)CCCN4CCC3)c2cc3c4c(c2)CCCN4CCC3)cc(OC)c1O. The van der Waals surface area contributed by atoms with Gasteiger partial charge in [-0.3, -0.25) is 0 Å². The number of nitrogens with zero attached hydrogens (tertiary/aromatic N) is 2. The molecule has 0 spiro atoms. The third-order valence-electron chi connectivity index (χ3n) is 9.21. The molecular weight excluding hydrogens is 472 g/mol. The van der Waals surface area contributed by atoms with Crippen molar-refractivity contribution in [2.24, 2.45) is 0 Å². The second kappa shape index (κ2) is 9.44. The standard InChI is InChI=1S/C33H38N2O3/c1-37-28-19-27(20-29(38-2)33(28)36)30(25-15-21-7-3-11-34-12-4-8-22(16-25)31(21)34)26-17-23-9-5-13-35-14-6-10-24(18-26)32(23)35/h15-20,30,36H,3-14H2,1-2H3. The molecule has 0 radical (unpaired) electrons. The molecule has 5 heteroatoms.